The maximum atomic E-state index is 14.6. The number of carbonyl (C=O) groups is 2. The summed E-state index contributed by atoms with van der Waals surface area (Å²) in [5.74, 6) is -2.46. The quantitative estimate of drug-likeness (QED) is 0.473. The highest BCUT2D eigenvalue weighted by Gasteiger charge is 2.32. The molecule has 1 saturated heterocycles. The second kappa shape index (κ2) is 11.0. The molecule has 0 radical (unpaired) electrons. The van der Waals surface area contributed by atoms with Gasteiger partial charge in [-0.1, -0.05) is 19.3 Å². The van der Waals surface area contributed by atoms with Crippen LogP contribution in [0, 0.1) is 11.2 Å². The van der Waals surface area contributed by atoms with Crippen LogP contribution in [-0.4, -0.2) is 59.4 Å². The van der Waals surface area contributed by atoms with Crippen LogP contribution in [0.5, 0.6) is 0 Å². The Bertz CT molecular complexity index is 1180. The fourth-order valence-electron chi connectivity index (χ4n) is 5.39. The fourth-order valence-corrected chi connectivity index (χ4v) is 5.39. The minimum Gasteiger partial charge on any atom is -0.481 e. The summed E-state index contributed by atoms with van der Waals surface area (Å²) in [6, 6.07) is 3.08. The molecule has 9 nitrogen and oxygen atoms in total. The first-order chi connectivity index (χ1) is 17.2. The molecule has 2 heterocycles. The molecule has 3 aliphatic rings. The number of halogens is 1. The van der Waals surface area contributed by atoms with Crippen LogP contribution in [0.25, 0.3) is 10.9 Å². The third-order valence-corrected chi connectivity index (χ3v) is 7.60. The molecule has 5 rings (SSSR count). The highest BCUT2D eigenvalue weighted by molar-refractivity contribution is 5.93. The van der Waals surface area contributed by atoms with Gasteiger partial charge in [0.05, 0.1) is 17.6 Å². The summed E-state index contributed by atoms with van der Waals surface area (Å²) in [4.78, 5) is 36.3. The number of hydrogen-bond acceptors (Lipinski definition) is 6. The van der Waals surface area contributed by atoms with Gasteiger partial charge in [0.1, 0.15) is 11.4 Å². The average Bonchev–Trinajstić information content (AvgIpc) is 3.71. The van der Waals surface area contributed by atoms with Crippen LogP contribution in [0.4, 0.5) is 10.1 Å². The first-order valence-electron chi connectivity index (χ1n) is 12.7. The number of carboxylic acids is 2. The number of rotatable bonds is 6. The van der Waals surface area contributed by atoms with Crippen molar-refractivity contribution in [2.75, 3.05) is 37.6 Å². The lowest BCUT2D eigenvalue weighted by molar-refractivity contribution is -0.140. The van der Waals surface area contributed by atoms with Crippen molar-refractivity contribution >= 4 is 28.5 Å². The smallest absolute Gasteiger partial charge is 0.341 e. The number of nitrogens with two attached hydrogens (primary N) is 1. The van der Waals surface area contributed by atoms with Crippen LogP contribution >= 0.6 is 0 Å². The number of piperazine rings is 1. The third-order valence-electron chi connectivity index (χ3n) is 7.60. The zero-order valence-corrected chi connectivity index (χ0v) is 20.5. The van der Waals surface area contributed by atoms with Crippen molar-refractivity contribution in [3.05, 3.63) is 39.9 Å². The molecule has 2 aliphatic carbocycles. The van der Waals surface area contributed by atoms with E-state index >= 15 is 0 Å². The van der Waals surface area contributed by atoms with Gasteiger partial charge >= 0.3 is 11.9 Å². The number of nitrogens with one attached hydrogen (secondary N) is 1. The summed E-state index contributed by atoms with van der Waals surface area (Å²) in [6.07, 6.45) is 9.06. The van der Waals surface area contributed by atoms with Crippen molar-refractivity contribution in [3.8, 4) is 0 Å². The molecule has 0 unspecified atom stereocenters. The number of aliphatic carboxylic acids is 1. The SMILES string of the molecule is NCC1(CC(=O)O)CCCCC1.O=C(O)c1cn(C2CC2)c2cc(N3CCNCC3)c(F)cc2c1=O. The van der Waals surface area contributed by atoms with Crippen LogP contribution < -0.4 is 21.4 Å². The van der Waals surface area contributed by atoms with Crippen LogP contribution in [0.3, 0.4) is 0 Å². The number of carboxylic acid groups (broad SMARTS) is 2. The number of benzene rings is 1. The molecule has 1 aliphatic heterocycles. The first kappa shape index (κ1) is 26.1. The van der Waals surface area contributed by atoms with Gasteiger partial charge < -0.3 is 30.7 Å². The molecular weight excluding hydrogens is 467 g/mol. The van der Waals surface area contributed by atoms with E-state index in [2.05, 4.69) is 5.32 Å². The Labute approximate surface area is 209 Å². The lowest BCUT2D eigenvalue weighted by atomic mass is 9.72. The number of hydrogen-bond donors (Lipinski definition) is 4. The van der Waals surface area contributed by atoms with E-state index in [1.54, 1.807) is 6.07 Å². The average molecular weight is 503 g/mol. The summed E-state index contributed by atoms with van der Waals surface area (Å²) < 4.78 is 16.4. The number of nitrogens with zero attached hydrogens (tertiary/aromatic N) is 2. The van der Waals surface area contributed by atoms with Gasteiger partial charge in [-0.25, -0.2) is 9.18 Å². The van der Waals surface area contributed by atoms with Gasteiger partial charge in [-0.15, -0.1) is 0 Å². The monoisotopic (exact) mass is 502 g/mol. The zero-order chi connectivity index (χ0) is 25.9. The van der Waals surface area contributed by atoms with E-state index in [0.717, 1.165) is 51.6 Å². The van der Waals surface area contributed by atoms with Gasteiger partial charge in [-0.3, -0.25) is 9.59 Å². The highest BCUT2D eigenvalue weighted by atomic mass is 19.1. The van der Waals surface area contributed by atoms with E-state index in [-0.39, 0.29) is 28.8 Å². The van der Waals surface area contributed by atoms with Crippen LogP contribution in [0.1, 0.15) is 67.8 Å². The molecule has 0 bridgehead atoms. The summed E-state index contributed by atoms with van der Waals surface area (Å²) in [7, 11) is 0. The summed E-state index contributed by atoms with van der Waals surface area (Å²) in [5, 5.41) is 21.3. The van der Waals surface area contributed by atoms with Gasteiger partial charge in [0, 0.05) is 43.8 Å². The minimum atomic E-state index is -1.28. The van der Waals surface area contributed by atoms with Crippen molar-refractivity contribution in [1.82, 2.24) is 9.88 Å². The zero-order valence-electron chi connectivity index (χ0n) is 20.5. The van der Waals surface area contributed by atoms with Crippen molar-refractivity contribution in [2.45, 2.75) is 57.4 Å². The Kier molecular flexibility index (Phi) is 7.94. The molecule has 196 valence electrons. The summed E-state index contributed by atoms with van der Waals surface area (Å²) in [5.41, 5.74) is 5.70. The Balaban J connectivity index is 0.000000214. The molecular formula is C26H35FN4O5. The Morgan fingerprint density at radius 1 is 1.11 bits per heavy atom. The molecule has 0 amide bonds. The van der Waals surface area contributed by atoms with E-state index in [1.165, 1.54) is 18.7 Å². The molecule has 0 atom stereocenters. The Morgan fingerprint density at radius 3 is 2.33 bits per heavy atom. The number of aromatic nitrogens is 1. The van der Waals surface area contributed by atoms with Crippen LogP contribution in [-0.2, 0) is 4.79 Å². The molecule has 1 aromatic heterocycles. The van der Waals surface area contributed by atoms with Gasteiger partial charge in [0.15, 0.2) is 0 Å². The van der Waals surface area contributed by atoms with Crippen molar-refractivity contribution in [1.29, 1.82) is 0 Å². The predicted molar refractivity (Wildman–Crippen MR) is 135 cm³/mol. The Hall–Kier alpha value is -2.98. The summed E-state index contributed by atoms with van der Waals surface area (Å²) in [6.45, 7) is 3.49. The number of anilines is 1. The molecule has 0 spiro atoms. The van der Waals surface area contributed by atoms with Crippen molar-refractivity contribution in [2.24, 2.45) is 11.1 Å². The maximum absolute atomic E-state index is 14.6. The van der Waals surface area contributed by atoms with E-state index < -0.39 is 23.2 Å². The van der Waals surface area contributed by atoms with E-state index in [1.807, 2.05) is 9.47 Å². The molecule has 1 aromatic carbocycles. The molecule has 2 aromatic rings. The fraction of sp³-hybridized carbons (Fsp3) is 0.577. The molecule has 10 heteroatoms. The van der Waals surface area contributed by atoms with Gasteiger partial charge in [-0.2, -0.15) is 0 Å². The summed E-state index contributed by atoms with van der Waals surface area (Å²) >= 11 is 0. The second-order valence-electron chi connectivity index (χ2n) is 10.2. The van der Waals surface area contributed by atoms with E-state index in [0.29, 0.717) is 30.8 Å². The van der Waals surface area contributed by atoms with Crippen molar-refractivity contribution in [3.63, 3.8) is 0 Å². The third kappa shape index (κ3) is 5.70. The number of aromatic carboxylic acids is 1. The molecule has 5 N–H and O–H groups in total. The van der Waals surface area contributed by atoms with E-state index in [4.69, 9.17) is 10.8 Å². The number of pyridine rings is 1. The highest BCUT2D eigenvalue weighted by Crippen LogP contribution is 2.39. The maximum Gasteiger partial charge on any atom is 0.341 e. The minimum absolute atomic E-state index is 0.0793. The largest absolute Gasteiger partial charge is 0.481 e. The molecule has 3 fully saturated rings. The lowest BCUT2D eigenvalue weighted by Gasteiger charge is -2.34. The topological polar surface area (TPSA) is 138 Å². The Morgan fingerprint density at radius 2 is 1.78 bits per heavy atom. The number of fused-ring (bicyclic) bond motifs is 1. The standard InChI is InChI=1S/C17H18FN3O3.C9H17NO2/c18-13-7-11-14(8-15(13)20-5-3-19-4-6-20)21(10-1-2-10)9-12(16(11)22)17(23)24;10-7-9(6-8(11)12)4-2-1-3-5-9/h7-10,19H,1-6H2,(H,23,24);1-7,10H2,(H,11,12). The predicted octanol–water partition coefficient (Wildman–Crippen LogP) is 2.95. The normalized spacial score (nSPS) is 19.4. The molecule has 2 saturated carbocycles. The van der Waals surface area contributed by atoms with Crippen LogP contribution in [0.2, 0.25) is 0 Å². The second-order valence-corrected chi connectivity index (χ2v) is 10.2. The van der Waals surface area contributed by atoms with Crippen molar-refractivity contribution < 1.29 is 24.2 Å². The van der Waals surface area contributed by atoms with Gasteiger partial charge in [-0.05, 0) is 49.8 Å². The first-order valence-corrected chi connectivity index (χ1v) is 12.7. The van der Waals surface area contributed by atoms with Crippen LogP contribution in [0.15, 0.2) is 23.1 Å². The molecule has 36 heavy (non-hydrogen) atoms. The van der Waals surface area contributed by atoms with E-state index in [9.17, 15) is 23.9 Å². The van der Waals surface area contributed by atoms with Gasteiger partial charge in [0.25, 0.3) is 0 Å². The lowest BCUT2D eigenvalue weighted by Crippen LogP contribution is -2.43. The van der Waals surface area contributed by atoms with Gasteiger partial charge in [0.2, 0.25) is 5.43 Å².